The van der Waals surface area contributed by atoms with Gasteiger partial charge in [0.05, 0.1) is 6.61 Å². The van der Waals surface area contributed by atoms with E-state index in [4.69, 9.17) is 16.3 Å². The summed E-state index contributed by atoms with van der Waals surface area (Å²) in [6, 6.07) is 1.38. The van der Waals surface area contributed by atoms with Crippen molar-refractivity contribution in [2.24, 2.45) is 0 Å². The number of hydrogen-bond donors (Lipinski definition) is 1. The monoisotopic (exact) mass is 243 g/mol. The number of carbonyl (C=O) groups excluding carboxylic acids is 2. The third kappa shape index (κ3) is 3.82. The van der Waals surface area contributed by atoms with E-state index in [9.17, 15) is 9.59 Å². The van der Waals surface area contributed by atoms with E-state index in [0.29, 0.717) is 13.0 Å². The minimum atomic E-state index is -0.443. The maximum atomic E-state index is 11.2. The number of amides is 1. The fraction of sp³-hybridized carbons (Fsp3) is 0.333. The first-order valence-corrected chi connectivity index (χ1v) is 4.92. The number of anilines is 1. The van der Waals surface area contributed by atoms with Crippen LogP contribution in [0.5, 0.6) is 0 Å². The molecule has 0 unspecified atom stereocenters. The predicted octanol–water partition coefficient (Wildman–Crippen LogP) is 0.804. The summed E-state index contributed by atoms with van der Waals surface area (Å²) >= 11 is 5.69. The van der Waals surface area contributed by atoms with Crippen LogP contribution in [-0.4, -0.2) is 29.0 Å². The quantitative estimate of drug-likeness (QED) is 0.470. The lowest BCUT2D eigenvalue weighted by Gasteiger charge is -2.03. The van der Waals surface area contributed by atoms with Crippen molar-refractivity contribution in [3.8, 4) is 0 Å². The summed E-state index contributed by atoms with van der Waals surface area (Å²) in [5.74, 6) is 0.00594. The van der Waals surface area contributed by atoms with E-state index in [-0.39, 0.29) is 23.2 Å². The molecule has 0 fully saturated rings. The van der Waals surface area contributed by atoms with Crippen molar-refractivity contribution in [1.82, 2.24) is 9.97 Å². The number of nitrogens with one attached hydrogen (secondary N) is 1. The minimum Gasteiger partial charge on any atom is -0.466 e. The average molecular weight is 244 g/mol. The standard InChI is InChI=1S/C9H10ClN3O3/c1-2-16-9(15)4-8-12-6(10)3-7(13-8)11-5-14/h3,5H,2,4H2,1H3,(H,11,12,13,14). The second-order valence-corrected chi connectivity index (χ2v) is 3.12. The topological polar surface area (TPSA) is 81.2 Å². The molecule has 1 aromatic heterocycles. The molecule has 0 spiro atoms. The number of carbonyl (C=O) groups is 2. The van der Waals surface area contributed by atoms with Gasteiger partial charge in [0.2, 0.25) is 6.41 Å². The normalized spacial score (nSPS) is 9.62. The zero-order chi connectivity index (χ0) is 12.0. The fourth-order valence-electron chi connectivity index (χ4n) is 1.02. The number of aromatic nitrogens is 2. The van der Waals surface area contributed by atoms with Gasteiger partial charge < -0.3 is 10.1 Å². The molecule has 0 saturated carbocycles. The van der Waals surface area contributed by atoms with Crippen LogP contribution in [0.3, 0.4) is 0 Å². The Morgan fingerprint density at radius 1 is 1.62 bits per heavy atom. The van der Waals surface area contributed by atoms with Crippen molar-refractivity contribution >= 4 is 29.8 Å². The zero-order valence-electron chi connectivity index (χ0n) is 8.57. The van der Waals surface area contributed by atoms with Gasteiger partial charge in [-0.25, -0.2) is 9.97 Å². The van der Waals surface area contributed by atoms with Gasteiger partial charge in [0.25, 0.3) is 0 Å². The van der Waals surface area contributed by atoms with Gasteiger partial charge in [0.1, 0.15) is 23.2 Å². The van der Waals surface area contributed by atoms with Gasteiger partial charge in [-0.3, -0.25) is 9.59 Å². The van der Waals surface area contributed by atoms with Gasteiger partial charge in [0.15, 0.2) is 0 Å². The molecule has 0 aliphatic rings. The van der Waals surface area contributed by atoms with E-state index >= 15 is 0 Å². The second-order valence-electron chi connectivity index (χ2n) is 2.74. The highest BCUT2D eigenvalue weighted by Crippen LogP contribution is 2.11. The lowest BCUT2D eigenvalue weighted by molar-refractivity contribution is -0.142. The number of rotatable bonds is 5. The van der Waals surface area contributed by atoms with Crippen LogP contribution in [0.15, 0.2) is 6.07 Å². The Hall–Kier alpha value is -1.69. The number of ether oxygens (including phenoxy) is 1. The van der Waals surface area contributed by atoms with Gasteiger partial charge >= 0.3 is 5.97 Å². The Balaban J connectivity index is 2.79. The van der Waals surface area contributed by atoms with Crippen molar-refractivity contribution in [2.75, 3.05) is 11.9 Å². The first kappa shape index (κ1) is 12.4. The van der Waals surface area contributed by atoms with Crippen molar-refractivity contribution < 1.29 is 14.3 Å². The minimum absolute atomic E-state index is 0.0814. The van der Waals surface area contributed by atoms with E-state index in [0.717, 1.165) is 0 Å². The Morgan fingerprint density at radius 3 is 3.00 bits per heavy atom. The third-order valence-corrected chi connectivity index (χ3v) is 1.75. The molecule has 0 aliphatic carbocycles. The molecule has 0 radical (unpaired) electrons. The van der Waals surface area contributed by atoms with Crippen LogP contribution < -0.4 is 5.32 Å². The maximum absolute atomic E-state index is 11.2. The highest BCUT2D eigenvalue weighted by Gasteiger charge is 2.09. The first-order chi connectivity index (χ1) is 7.65. The summed E-state index contributed by atoms with van der Waals surface area (Å²) in [5.41, 5.74) is 0. The molecule has 6 nitrogen and oxygen atoms in total. The third-order valence-electron chi connectivity index (χ3n) is 1.56. The molecule has 0 bridgehead atoms. The van der Waals surface area contributed by atoms with Crippen LogP contribution in [0.2, 0.25) is 5.15 Å². The van der Waals surface area contributed by atoms with E-state index in [1.807, 2.05) is 0 Å². The van der Waals surface area contributed by atoms with Crippen molar-refractivity contribution in [2.45, 2.75) is 13.3 Å². The largest absolute Gasteiger partial charge is 0.466 e. The van der Waals surface area contributed by atoms with Gasteiger partial charge in [0, 0.05) is 6.07 Å². The molecule has 1 aromatic rings. The van der Waals surface area contributed by atoms with Crippen molar-refractivity contribution in [3.63, 3.8) is 0 Å². The van der Waals surface area contributed by atoms with Crippen molar-refractivity contribution in [1.29, 1.82) is 0 Å². The Morgan fingerprint density at radius 2 is 2.38 bits per heavy atom. The lowest BCUT2D eigenvalue weighted by Crippen LogP contribution is -2.11. The number of hydrogen-bond acceptors (Lipinski definition) is 5. The fourth-order valence-corrected chi connectivity index (χ4v) is 1.22. The van der Waals surface area contributed by atoms with Gasteiger partial charge in [-0.05, 0) is 6.92 Å². The highest BCUT2D eigenvalue weighted by molar-refractivity contribution is 6.29. The van der Waals surface area contributed by atoms with Crippen LogP contribution in [0.1, 0.15) is 12.7 Å². The SMILES string of the molecule is CCOC(=O)Cc1nc(Cl)cc(NC=O)n1. The molecule has 16 heavy (non-hydrogen) atoms. The lowest BCUT2D eigenvalue weighted by atomic mass is 10.4. The van der Waals surface area contributed by atoms with Gasteiger partial charge in [-0.2, -0.15) is 0 Å². The molecule has 1 amide bonds. The molecule has 1 N–H and O–H groups in total. The Kier molecular flexibility index (Phi) is 4.65. The number of nitrogens with zero attached hydrogens (tertiary/aromatic N) is 2. The smallest absolute Gasteiger partial charge is 0.313 e. The molecule has 0 aromatic carbocycles. The summed E-state index contributed by atoms with van der Waals surface area (Å²) in [6.07, 6.45) is 0.384. The first-order valence-electron chi connectivity index (χ1n) is 4.55. The zero-order valence-corrected chi connectivity index (χ0v) is 9.32. The number of esters is 1. The van der Waals surface area contributed by atoms with Crippen LogP contribution in [0.4, 0.5) is 5.82 Å². The summed E-state index contributed by atoms with van der Waals surface area (Å²) in [4.78, 5) is 29.1. The van der Waals surface area contributed by atoms with Gasteiger partial charge in [-0.1, -0.05) is 11.6 Å². The van der Waals surface area contributed by atoms with E-state index in [1.165, 1.54) is 6.07 Å². The number of halogens is 1. The summed E-state index contributed by atoms with van der Waals surface area (Å²) in [6.45, 7) is 1.99. The molecule has 0 saturated heterocycles. The molecular formula is C9H10ClN3O3. The van der Waals surface area contributed by atoms with E-state index < -0.39 is 5.97 Å². The molecule has 1 heterocycles. The molecular weight excluding hydrogens is 234 g/mol. The molecule has 86 valence electrons. The van der Waals surface area contributed by atoms with Crippen LogP contribution in [-0.2, 0) is 20.7 Å². The Bertz CT molecular complexity index is 398. The highest BCUT2D eigenvalue weighted by atomic mass is 35.5. The summed E-state index contributed by atoms with van der Waals surface area (Å²) < 4.78 is 4.73. The molecule has 7 heteroatoms. The summed E-state index contributed by atoms with van der Waals surface area (Å²) in [7, 11) is 0. The van der Waals surface area contributed by atoms with Crippen LogP contribution >= 0.6 is 11.6 Å². The molecule has 1 rings (SSSR count). The van der Waals surface area contributed by atoms with Crippen LogP contribution in [0, 0.1) is 0 Å². The van der Waals surface area contributed by atoms with Crippen LogP contribution in [0.25, 0.3) is 0 Å². The van der Waals surface area contributed by atoms with Gasteiger partial charge in [-0.15, -0.1) is 0 Å². The maximum Gasteiger partial charge on any atom is 0.313 e. The molecule has 0 atom stereocenters. The average Bonchev–Trinajstić information content (AvgIpc) is 2.17. The summed E-state index contributed by atoms with van der Waals surface area (Å²) in [5, 5.41) is 2.48. The molecule has 0 aliphatic heterocycles. The predicted molar refractivity (Wildman–Crippen MR) is 57.1 cm³/mol. The second kappa shape index (κ2) is 6.02. The van der Waals surface area contributed by atoms with E-state index in [2.05, 4.69) is 15.3 Å². The van der Waals surface area contributed by atoms with E-state index in [1.54, 1.807) is 6.92 Å². The van der Waals surface area contributed by atoms with Crippen molar-refractivity contribution in [3.05, 3.63) is 17.0 Å². The Labute approximate surface area is 97.0 Å².